The molecule has 1 saturated heterocycles. The predicted molar refractivity (Wildman–Crippen MR) is 135 cm³/mol. The lowest BCUT2D eigenvalue weighted by Gasteiger charge is -2.21. The van der Waals surface area contributed by atoms with Gasteiger partial charge in [-0.1, -0.05) is 18.2 Å². The molecule has 0 bridgehead atoms. The molecule has 1 amide bonds. The number of carbonyl (C=O) groups is 1. The molecule has 0 radical (unpaired) electrons. The first-order valence-electron chi connectivity index (χ1n) is 12.5. The Morgan fingerprint density at radius 2 is 1.87 bits per heavy atom. The molecule has 204 valence electrons. The lowest BCUT2D eigenvalue weighted by molar-refractivity contribution is -0.137. The fourth-order valence-corrected chi connectivity index (χ4v) is 4.88. The summed E-state index contributed by atoms with van der Waals surface area (Å²) in [6.45, 7) is 2.50. The highest BCUT2D eigenvalue weighted by molar-refractivity contribution is 5.96. The number of amidine groups is 1. The van der Waals surface area contributed by atoms with E-state index in [0.29, 0.717) is 30.3 Å². The zero-order valence-corrected chi connectivity index (χ0v) is 21.0. The molecule has 2 N–H and O–H groups in total. The van der Waals surface area contributed by atoms with E-state index in [4.69, 9.17) is 10.1 Å². The maximum absolute atomic E-state index is 13.9. The summed E-state index contributed by atoms with van der Waals surface area (Å²) in [5.41, 5.74) is 0.491. The number of nitrogens with one attached hydrogen (secondary N) is 2. The topological polar surface area (TPSA) is 65.4 Å². The SMILES string of the molecule is Cc1cc([C@@H](NC(=O)c2cc(CN3CCOC3=N)cc(-c3ccc(F)cc3C(F)(F)F)c2)C2CC2)ccc1F. The zero-order valence-electron chi connectivity index (χ0n) is 21.0. The molecule has 0 unspecified atom stereocenters. The molecule has 1 aliphatic heterocycles. The molecular weight excluding hydrogens is 517 g/mol. The van der Waals surface area contributed by atoms with Crippen LogP contribution in [0.25, 0.3) is 11.1 Å². The number of rotatable bonds is 7. The first kappa shape index (κ1) is 26.6. The van der Waals surface area contributed by atoms with Crippen molar-refractivity contribution in [1.29, 1.82) is 5.41 Å². The van der Waals surface area contributed by atoms with E-state index < -0.39 is 23.5 Å². The minimum atomic E-state index is -4.82. The summed E-state index contributed by atoms with van der Waals surface area (Å²) in [7, 11) is 0. The van der Waals surface area contributed by atoms with Crippen LogP contribution in [0, 0.1) is 29.9 Å². The van der Waals surface area contributed by atoms with Gasteiger partial charge in [0.15, 0.2) is 0 Å². The average Bonchev–Trinajstić information content (AvgIpc) is 3.65. The third-order valence-corrected chi connectivity index (χ3v) is 7.03. The van der Waals surface area contributed by atoms with Crippen LogP contribution in [0.5, 0.6) is 0 Å². The molecule has 10 heteroatoms. The number of alkyl halides is 3. The summed E-state index contributed by atoms with van der Waals surface area (Å²) in [6.07, 6.45) is -3.05. The minimum Gasteiger partial charge on any atom is -0.463 e. The molecule has 5 rings (SSSR count). The Bertz CT molecular complexity index is 1430. The van der Waals surface area contributed by atoms with Crippen molar-refractivity contribution in [2.45, 2.75) is 38.5 Å². The van der Waals surface area contributed by atoms with Crippen molar-refractivity contribution in [3.63, 3.8) is 0 Å². The summed E-state index contributed by atoms with van der Waals surface area (Å²) in [5.74, 6) is -1.71. The molecule has 1 heterocycles. The maximum atomic E-state index is 13.9. The van der Waals surface area contributed by atoms with Crippen molar-refractivity contribution in [2.75, 3.05) is 13.2 Å². The summed E-state index contributed by atoms with van der Waals surface area (Å²) in [4.78, 5) is 15.1. The van der Waals surface area contributed by atoms with Gasteiger partial charge in [0.1, 0.15) is 18.2 Å². The molecule has 3 aromatic rings. The van der Waals surface area contributed by atoms with Crippen molar-refractivity contribution in [1.82, 2.24) is 10.2 Å². The highest BCUT2D eigenvalue weighted by atomic mass is 19.4. The van der Waals surface area contributed by atoms with Gasteiger partial charge >= 0.3 is 6.18 Å². The van der Waals surface area contributed by atoms with Gasteiger partial charge in [-0.2, -0.15) is 13.2 Å². The number of aryl methyl sites for hydroxylation is 1. The molecule has 1 aliphatic carbocycles. The van der Waals surface area contributed by atoms with Gasteiger partial charge in [-0.05, 0) is 89.9 Å². The number of ether oxygens (including phenoxy) is 1. The van der Waals surface area contributed by atoms with E-state index in [9.17, 15) is 26.7 Å². The highest BCUT2D eigenvalue weighted by Gasteiger charge is 2.36. The Balaban J connectivity index is 1.54. The smallest absolute Gasteiger partial charge is 0.417 e. The van der Waals surface area contributed by atoms with E-state index in [2.05, 4.69) is 5.32 Å². The molecule has 0 aromatic heterocycles. The Labute approximate surface area is 222 Å². The number of nitrogens with zero attached hydrogens (tertiary/aromatic N) is 1. The zero-order chi connectivity index (χ0) is 27.9. The van der Waals surface area contributed by atoms with E-state index in [-0.39, 0.29) is 47.0 Å². The Kier molecular flexibility index (Phi) is 7.05. The molecular formula is C29H26F5N3O2. The van der Waals surface area contributed by atoms with Crippen LogP contribution in [-0.4, -0.2) is 30.0 Å². The van der Waals surface area contributed by atoms with Gasteiger partial charge in [-0.15, -0.1) is 0 Å². The fraction of sp³-hybridized carbons (Fsp3) is 0.310. The van der Waals surface area contributed by atoms with Crippen LogP contribution >= 0.6 is 0 Å². The number of amides is 1. The second kappa shape index (κ2) is 10.3. The molecule has 39 heavy (non-hydrogen) atoms. The summed E-state index contributed by atoms with van der Waals surface area (Å²) < 4.78 is 74.4. The van der Waals surface area contributed by atoms with Crippen LogP contribution in [-0.2, 0) is 17.5 Å². The van der Waals surface area contributed by atoms with Gasteiger partial charge in [-0.25, -0.2) is 8.78 Å². The van der Waals surface area contributed by atoms with Crippen LogP contribution in [0.3, 0.4) is 0 Å². The van der Waals surface area contributed by atoms with Crippen molar-refractivity contribution in [3.8, 4) is 11.1 Å². The van der Waals surface area contributed by atoms with Crippen LogP contribution in [0.4, 0.5) is 22.0 Å². The number of benzene rings is 3. The van der Waals surface area contributed by atoms with Gasteiger partial charge in [-0.3, -0.25) is 10.2 Å². The molecule has 0 spiro atoms. The molecule has 2 fully saturated rings. The second-order valence-electron chi connectivity index (χ2n) is 9.98. The molecule has 1 atom stereocenters. The standard InChI is InChI=1S/C29H26F5N3O2/c1-16-10-19(4-7-25(16)31)26(18-2-3-18)36-27(38)21-12-17(15-37-8-9-39-28(37)35)11-20(13-21)23-6-5-22(30)14-24(23)29(32,33)34/h4-7,10-14,18,26,35H,2-3,8-9,15H2,1H3,(H,36,38)/t26-/m0/s1. The molecule has 2 aliphatic rings. The van der Waals surface area contributed by atoms with E-state index in [1.54, 1.807) is 30.0 Å². The molecule has 1 saturated carbocycles. The van der Waals surface area contributed by atoms with Crippen LogP contribution in [0.15, 0.2) is 54.6 Å². The third kappa shape index (κ3) is 5.89. The van der Waals surface area contributed by atoms with Gasteiger partial charge in [0.05, 0.1) is 18.2 Å². The highest BCUT2D eigenvalue weighted by Crippen LogP contribution is 2.42. The van der Waals surface area contributed by atoms with E-state index in [1.807, 2.05) is 0 Å². The largest absolute Gasteiger partial charge is 0.463 e. The van der Waals surface area contributed by atoms with Gasteiger partial charge < -0.3 is 15.0 Å². The molecule has 3 aromatic carbocycles. The molecule has 5 nitrogen and oxygen atoms in total. The lowest BCUT2D eigenvalue weighted by Crippen LogP contribution is -2.30. The number of hydrogen-bond acceptors (Lipinski definition) is 3. The monoisotopic (exact) mass is 543 g/mol. The third-order valence-electron chi connectivity index (χ3n) is 7.03. The van der Waals surface area contributed by atoms with Crippen LogP contribution in [0.2, 0.25) is 0 Å². The fourth-order valence-electron chi connectivity index (χ4n) is 4.88. The first-order valence-corrected chi connectivity index (χ1v) is 12.5. The summed E-state index contributed by atoms with van der Waals surface area (Å²) >= 11 is 0. The Morgan fingerprint density at radius 1 is 1.10 bits per heavy atom. The normalized spacial score (nSPS) is 16.3. The van der Waals surface area contributed by atoms with Crippen LogP contribution in [0.1, 0.15) is 51.5 Å². The van der Waals surface area contributed by atoms with Crippen molar-refractivity contribution >= 4 is 11.9 Å². The summed E-state index contributed by atoms with van der Waals surface area (Å²) in [5, 5.41) is 10.9. The predicted octanol–water partition coefficient (Wildman–Crippen LogP) is 6.61. The van der Waals surface area contributed by atoms with Crippen molar-refractivity contribution < 1.29 is 31.5 Å². The van der Waals surface area contributed by atoms with Crippen LogP contribution < -0.4 is 5.32 Å². The Hall–Kier alpha value is -3.95. The van der Waals surface area contributed by atoms with E-state index >= 15 is 0 Å². The maximum Gasteiger partial charge on any atom is 0.417 e. The van der Waals surface area contributed by atoms with Gasteiger partial charge in [0, 0.05) is 12.1 Å². The first-order chi connectivity index (χ1) is 18.5. The Morgan fingerprint density at radius 3 is 2.51 bits per heavy atom. The minimum absolute atomic E-state index is 0.0651. The number of hydrogen-bond donors (Lipinski definition) is 2. The summed E-state index contributed by atoms with van der Waals surface area (Å²) in [6, 6.07) is 11.1. The van der Waals surface area contributed by atoms with Crippen molar-refractivity contribution in [2.24, 2.45) is 5.92 Å². The lowest BCUT2D eigenvalue weighted by atomic mass is 9.94. The quantitative estimate of drug-likeness (QED) is 0.330. The number of halogens is 5. The number of carbonyl (C=O) groups excluding carboxylic acids is 1. The second-order valence-corrected chi connectivity index (χ2v) is 9.98. The average molecular weight is 544 g/mol. The van der Waals surface area contributed by atoms with Gasteiger partial charge in [0.25, 0.3) is 11.9 Å². The van der Waals surface area contributed by atoms with Gasteiger partial charge in [0.2, 0.25) is 0 Å². The van der Waals surface area contributed by atoms with E-state index in [1.165, 1.54) is 18.2 Å². The van der Waals surface area contributed by atoms with E-state index in [0.717, 1.165) is 30.5 Å². The van der Waals surface area contributed by atoms with Crippen molar-refractivity contribution in [3.05, 3.63) is 94.0 Å².